The minimum atomic E-state index is -1.13. The summed E-state index contributed by atoms with van der Waals surface area (Å²) in [4.78, 5) is 25.9. The van der Waals surface area contributed by atoms with Crippen LogP contribution in [-0.2, 0) is 9.53 Å². The van der Waals surface area contributed by atoms with Gasteiger partial charge < -0.3 is 20.1 Å². The molecule has 0 bridgehead atoms. The molecule has 6 nitrogen and oxygen atoms in total. The van der Waals surface area contributed by atoms with Crippen molar-refractivity contribution in [2.45, 2.75) is 45.3 Å². The molecule has 1 aliphatic heterocycles. The van der Waals surface area contributed by atoms with Crippen LogP contribution < -0.4 is 5.32 Å². The lowest BCUT2D eigenvalue weighted by Gasteiger charge is -2.33. The fourth-order valence-corrected chi connectivity index (χ4v) is 2.83. The largest absolute Gasteiger partial charge is 0.444 e. The van der Waals surface area contributed by atoms with Gasteiger partial charge in [0.1, 0.15) is 5.60 Å². The van der Waals surface area contributed by atoms with Crippen molar-refractivity contribution in [1.29, 1.82) is 0 Å². The first kappa shape index (κ1) is 21.1. The Bertz CT molecular complexity index is 683. The number of hydrogen-bond acceptors (Lipinski definition) is 4. The SMILES string of the molecule is CC(C)(C)OC(=O)N1CCC(C(=O)NCC(O)c2ccc(F)c(F)c2)CC1. The summed E-state index contributed by atoms with van der Waals surface area (Å²) in [6, 6.07) is 3.11. The number of aliphatic hydroxyl groups is 1. The van der Waals surface area contributed by atoms with E-state index in [1.807, 2.05) is 0 Å². The van der Waals surface area contributed by atoms with E-state index >= 15 is 0 Å². The number of piperidine rings is 1. The second-order valence-corrected chi connectivity index (χ2v) is 7.68. The Balaban J connectivity index is 1.79. The normalized spacial score (nSPS) is 16.7. The van der Waals surface area contributed by atoms with Crippen LogP contribution in [0.2, 0.25) is 0 Å². The maximum atomic E-state index is 13.2. The van der Waals surface area contributed by atoms with Gasteiger partial charge in [0.25, 0.3) is 0 Å². The Kier molecular flexibility index (Phi) is 6.75. The topological polar surface area (TPSA) is 78.9 Å². The molecule has 27 heavy (non-hydrogen) atoms. The van der Waals surface area contributed by atoms with Crippen molar-refractivity contribution in [3.05, 3.63) is 35.4 Å². The third kappa shape index (κ3) is 6.16. The van der Waals surface area contributed by atoms with Crippen molar-refractivity contribution in [3.63, 3.8) is 0 Å². The lowest BCUT2D eigenvalue weighted by Crippen LogP contribution is -2.45. The van der Waals surface area contributed by atoms with Crippen molar-refractivity contribution >= 4 is 12.0 Å². The smallest absolute Gasteiger partial charge is 0.410 e. The lowest BCUT2D eigenvalue weighted by atomic mass is 9.96. The van der Waals surface area contributed by atoms with Gasteiger partial charge in [0.05, 0.1) is 6.10 Å². The first-order valence-electron chi connectivity index (χ1n) is 8.95. The van der Waals surface area contributed by atoms with E-state index in [1.165, 1.54) is 6.07 Å². The first-order valence-corrected chi connectivity index (χ1v) is 8.95. The van der Waals surface area contributed by atoms with Gasteiger partial charge in [-0.3, -0.25) is 4.79 Å². The third-order valence-electron chi connectivity index (χ3n) is 4.32. The van der Waals surface area contributed by atoms with Gasteiger partial charge in [-0.25, -0.2) is 13.6 Å². The van der Waals surface area contributed by atoms with Crippen LogP contribution in [0.15, 0.2) is 18.2 Å². The highest BCUT2D eigenvalue weighted by Gasteiger charge is 2.30. The predicted octanol–water partition coefficient (Wildman–Crippen LogP) is 2.76. The van der Waals surface area contributed by atoms with Gasteiger partial charge in [0, 0.05) is 25.6 Å². The zero-order chi connectivity index (χ0) is 20.2. The summed E-state index contributed by atoms with van der Waals surface area (Å²) in [5.41, 5.74) is -0.379. The van der Waals surface area contributed by atoms with Gasteiger partial charge >= 0.3 is 6.09 Å². The molecular weight excluding hydrogens is 358 g/mol. The molecule has 1 heterocycles. The third-order valence-corrected chi connectivity index (χ3v) is 4.32. The molecule has 1 fully saturated rings. The Labute approximate surface area is 157 Å². The number of nitrogens with one attached hydrogen (secondary N) is 1. The van der Waals surface area contributed by atoms with Gasteiger partial charge in [-0.2, -0.15) is 0 Å². The molecule has 1 aromatic rings. The van der Waals surface area contributed by atoms with E-state index < -0.39 is 29.4 Å². The minimum absolute atomic E-state index is 0.101. The lowest BCUT2D eigenvalue weighted by molar-refractivity contribution is -0.127. The van der Waals surface area contributed by atoms with E-state index in [1.54, 1.807) is 25.7 Å². The molecule has 0 saturated carbocycles. The monoisotopic (exact) mass is 384 g/mol. The number of benzene rings is 1. The van der Waals surface area contributed by atoms with E-state index in [9.17, 15) is 23.5 Å². The summed E-state index contributed by atoms with van der Waals surface area (Å²) in [5.74, 6) is -2.56. The molecule has 0 spiro atoms. The van der Waals surface area contributed by atoms with Crippen molar-refractivity contribution in [2.75, 3.05) is 19.6 Å². The van der Waals surface area contributed by atoms with Crippen LogP contribution in [0.4, 0.5) is 13.6 Å². The molecule has 0 radical (unpaired) electrons. The van der Waals surface area contributed by atoms with E-state index in [4.69, 9.17) is 4.74 Å². The number of aliphatic hydroxyl groups excluding tert-OH is 1. The molecule has 1 atom stereocenters. The van der Waals surface area contributed by atoms with Crippen LogP contribution in [0.3, 0.4) is 0 Å². The molecular formula is C19H26F2N2O4. The molecule has 1 unspecified atom stereocenters. The average molecular weight is 384 g/mol. The van der Waals surface area contributed by atoms with E-state index in [2.05, 4.69) is 5.32 Å². The van der Waals surface area contributed by atoms with Gasteiger partial charge in [0.2, 0.25) is 5.91 Å². The Morgan fingerprint density at radius 1 is 1.26 bits per heavy atom. The molecule has 2 rings (SSSR count). The highest BCUT2D eigenvalue weighted by Crippen LogP contribution is 2.21. The summed E-state index contributed by atoms with van der Waals surface area (Å²) < 4.78 is 31.5. The van der Waals surface area contributed by atoms with Crippen LogP contribution >= 0.6 is 0 Å². The molecule has 150 valence electrons. The van der Waals surface area contributed by atoms with Gasteiger partial charge in [-0.1, -0.05) is 6.07 Å². The zero-order valence-electron chi connectivity index (χ0n) is 15.8. The fraction of sp³-hybridized carbons (Fsp3) is 0.579. The molecule has 2 N–H and O–H groups in total. The molecule has 0 aromatic heterocycles. The first-order chi connectivity index (χ1) is 12.6. The van der Waals surface area contributed by atoms with Crippen LogP contribution in [0, 0.1) is 17.6 Å². The molecule has 1 aromatic carbocycles. The molecule has 1 saturated heterocycles. The number of nitrogens with zero attached hydrogens (tertiary/aromatic N) is 1. The summed E-state index contributed by atoms with van der Waals surface area (Å²) in [5, 5.41) is 12.7. The Hall–Kier alpha value is -2.22. The standard InChI is InChI=1S/C19H26F2N2O4/c1-19(2,3)27-18(26)23-8-6-12(7-9-23)17(25)22-11-16(24)13-4-5-14(20)15(21)10-13/h4-5,10,12,16,24H,6-9,11H2,1-3H3,(H,22,25). The maximum absolute atomic E-state index is 13.2. The number of likely N-dealkylation sites (tertiary alicyclic amines) is 1. The highest BCUT2D eigenvalue weighted by atomic mass is 19.2. The minimum Gasteiger partial charge on any atom is -0.444 e. The van der Waals surface area contributed by atoms with Crippen molar-refractivity contribution in [3.8, 4) is 0 Å². The van der Waals surface area contributed by atoms with E-state index in [-0.39, 0.29) is 23.9 Å². The number of hydrogen-bond donors (Lipinski definition) is 2. The second kappa shape index (κ2) is 8.65. The van der Waals surface area contributed by atoms with Gasteiger partial charge in [0.15, 0.2) is 11.6 Å². The van der Waals surface area contributed by atoms with Gasteiger partial charge in [-0.15, -0.1) is 0 Å². The van der Waals surface area contributed by atoms with Crippen LogP contribution in [0.1, 0.15) is 45.3 Å². The van der Waals surface area contributed by atoms with Crippen molar-refractivity contribution < 1.29 is 28.2 Å². The van der Waals surface area contributed by atoms with Crippen molar-refractivity contribution in [2.24, 2.45) is 5.92 Å². The fourth-order valence-electron chi connectivity index (χ4n) is 2.83. The Morgan fingerprint density at radius 3 is 2.44 bits per heavy atom. The average Bonchev–Trinajstić information content (AvgIpc) is 2.60. The summed E-state index contributed by atoms with van der Waals surface area (Å²) in [6.45, 7) is 6.11. The van der Waals surface area contributed by atoms with Crippen molar-refractivity contribution in [1.82, 2.24) is 10.2 Å². The molecule has 2 amide bonds. The Morgan fingerprint density at radius 2 is 1.89 bits per heavy atom. The molecule has 1 aliphatic rings. The number of carbonyl (C=O) groups excluding carboxylic acids is 2. The summed E-state index contributed by atoms with van der Waals surface area (Å²) in [6.07, 6.45) is -0.542. The van der Waals surface area contributed by atoms with Gasteiger partial charge in [-0.05, 0) is 51.3 Å². The molecule has 8 heteroatoms. The quantitative estimate of drug-likeness (QED) is 0.837. The van der Waals surface area contributed by atoms with E-state index in [0.29, 0.717) is 25.9 Å². The van der Waals surface area contributed by atoms with Crippen LogP contribution in [-0.4, -0.2) is 47.2 Å². The van der Waals surface area contributed by atoms with E-state index in [0.717, 1.165) is 12.1 Å². The summed E-state index contributed by atoms with van der Waals surface area (Å²) >= 11 is 0. The summed E-state index contributed by atoms with van der Waals surface area (Å²) in [7, 11) is 0. The number of amides is 2. The number of ether oxygens (including phenoxy) is 1. The molecule has 0 aliphatic carbocycles. The van der Waals surface area contributed by atoms with Crippen LogP contribution in [0.5, 0.6) is 0 Å². The number of halogens is 2. The second-order valence-electron chi connectivity index (χ2n) is 7.68. The number of rotatable bonds is 4. The zero-order valence-corrected chi connectivity index (χ0v) is 15.8. The highest BCUT2D eigenvalue weighted by molar-refractivity contribution is 5.79. The maximum Gasteiger partial charge on any atom is 0.410 e. The van der Waals surface area contributed by atoms with Crippen LogP contribution in [0.25, 0.3) is 0 Å². The number of carbonyl (C=O) groups is 2. The predicted molar refractivity (Wildman–Crippen MR) is 94.9 cm³/mol.